The molecule has 0 bridgehead atoms. The number of H-pyrrole nitrogens is 1. The number of benzene rings is 2. The minimum absolute atomic E-state index is 0.0138. The van der Waals surface area contributed by atoms with Gasteiger partial charge in [-0.1, -0.05) is 73.8 Å². The molecule has 0 radical (unpaired) electrons. The lowest BCUT2D eigenvalue weighted by atomic mass is 9.81. The lowest BCUT2D eigenvalue weighted by Gasteiger charge is -2.28. The van der Waals surface area contributed by atoms with Crippen LogP contribution in [0.15, 0.2) is 77.4 Å². The Morgan fingerprint density at radius 3 is 2.55 bits per heavy atom. The van der Waals surface area contributed by atoms with E-state index < -0.39 is 5.54 Å². The third kappa shape index (κ3) is 6.71. The van der Waals surface area contributed by atoms with Crippen LogP contribution in [0.25, 0.3) is 38.7 Å². The van der Waals surface area contributed by atoms with Crippen LogP contribution in [-0.2, 0) is 20.9 Å². The summed E-state index contributed by atoms with van der Waals surface area (Å²) in [6.45, 7) is 2.55. The Kier molecular flexibility index (Phi) is 9.47. The average Bonchev–Trinajstić information content (AvgIpc) is 3.94. The molecular formula is C43H44N6O5S. The first-order chi connectivity index (χ1) is 26.9. The highest BCUT2D eigenvalue weighted by molar-refractivity contribution is 7.19. The van der Waals surface area contributed by atoms with E-state index in [-0.39, 0.29) is 23.3 Å². The predicted octanol–water partition coefficient (Wildman–Crippen LogP) is 7.10. The number of carbonyl (C=O) groups excluding carboxylic acids is 3. The highest BCUT2D eigenvalue weighted by Crippen LogP contribution is 2.47. The van der Waals surface area contributed by atoms with E-state index in [1.165, 1.54) is 42.2 Å². The molecular weight excluding hydrogens is 713 g/mol. The number of aromatic amines is 1. The Bertz CT molecular complexity index is 2390. The molecule has 0 spiro atoms. The van der Waals surface area contributed by atoms with Crippen LogP contribution in [0.3, 0.4) is 0 Å². The molecule has 9 rings (SSSR count). The molecule has 1 saturated heterocycles. The lowest BCUT2D eigenvalue weighted by molar-refractivity contribution is -0.131. The summed E-state index contributed by atoms with van der Waals surface area (Å²) < 4.78 is 7.83. The second-order valence-corrected chi connectivity index (χ2v) is 16.3. The third-order valence-electron chi connectivity index (χ3n) is 11.9. The molecule has 0 atom stereocenters. The first-order valence-electron chi connectivity index (χ1n) is 19.5. The summed E-state index contributed by atoms with van der Waals surface area (Å²) in [4.78, 5) is 64.0. The van der Waals surface area contributed by atoms with Gasteiger partial charge in [0.05, 0.1) is 30.3 Å². The van der Waals surface area contributed by atoms with Crippen molar-refractivity contribution in [3.63, 3.8) is 0 Å². The van der Waals surface area contributed by atoms with Crippen molar-refractivity contribution in [2.24, 2.45) is 0 Å². The molecule has 282 valence electrons. The van der Waals surface area contributed by atoms with Crippen LogP contribution in [0.1, 0.15) is 85.2 Å². The molecule has 3 amide bonds. The van der Waals surface area contributed by atoms with Crippen LogP contribution >= 0.6 is 11.3 Å². The number of hydrogen-bond acceptors (Lipinski definition) is 7. The summed E-state index contributed by atoms with van der Waals surface area (Å²) in [5.41, 5.74) is 6.06. The molecule has 3 N–H and O–H groups in total. The SMILES string of the molecule is O=C(NC1(C(=O)Nc2ncc(-c3cc[nH]c(=O)c3)s2)CCCC1)c1ccc2c(C3CCCCC3)c3n(c2c1)CC(C(=O)N1CCOCC1)=Cc1ccccc1-3. The molecule has 2 aliphatic heterocycles. The van der Waals surface area contributed by atoms with Crippen molar-refractivity contribution in [2.75, 3.05) is 31.6 Å². The number of aromatic nitrogens is 3. The smallest absolute Gasteiger partial charge is 0.252 e. The van der Waals surface area contributed by atoms with E-state index in [9.17, 15) is 19.2 Å². The van der Waals surface area contributed by atoms with Crippen molar-refractivity contribution in [3.05, 3.63) is 99.6 Å². The van der Waals surface area contributed by atoms with Crippen LogP contribution in [-0.4, -0.2) is 69.0 Å². The van der Waals surface area contributed by atoms with E-state index in [1.807, 2.05) is 23.1 Å². The third-order valence-corrected chi connectivity index (χ3v) is 12.8. The van der Waals surface area contributed by atoms with E-state index in [0.717, 1.165) is 58.3 Å². The van der Waals surface area contributed by atoms with E-state index >= 15 is 0 Å². The van der Waals surface area contributed by atoms with Gasteiger partial charge < -0.3 is 24.5 Å². The van der Waals surface area contributed by atoms with Gasteiger partial charge in [-0.25, -0.2) is 4.98 Å². The van der Waals surface area contributed by atoms with Crippen LogP contribution < -0.4 is 16.2 Å². The molecule has 2 saturated carbocycles. The number of amides is 3. The zero-order valence-electron chi connectivity index (χ0n) is 30.7. The van der Waals surface area contributed by atoms with Gasteiger partial charge in [-0.15, -0.1) is 0 Å². The quantitative estimate of drug-likeness (QED) is 0.162. The Balaban J connectivity index is 1.07. The number of hydrogen-bond donors (Lipinski definition) is 3. The lowest BCUT2D eigenvalue weighted by Crippen LogP contribution is -2.55. The van der Waals surface area contributed by atoms with E-state index in [0.29, 0.717) is 73.4 Å². The predicted molar refractivity (Wildman–Crippen MR) is 214 cm³/mol. The second-order valence-electron chi connectivity index (χ2n) is 15.2. The Morgan fingerprint density at radius 1 is 0.945 bits per heavy atom. The fourth-order valence-electron chi connectivity index (χ4n) is 9.07. The highest BCUT2D eigenvalue weighted by atomic mass is 32.1. The van der Waals surface area contributed by atoms with E-state index in [2.05, 4.69) is 55.5 Å². The topological polar surface area (TPSA) is 138 Å². The van der Waals surface area contributed by atoms with Gasteiger partial charge in [-0.05, 0) is 67.0 Å². The van der Waals surface area contributed by atoms with Crippen molar-refractivity contribution in [3.8, 4) is 21.7 Å². The number of anilines is 1. The molecule has 0 unspecified atom stereocenters. The normalized spacial score (nSPS) is 18.3. The number of fused-ring (bicyclic) bond motifs is 5. The maximum Gasteiger partial charge on any atom is 0.252 e. The molecule has 3 fully saturated rings. The first kappa shape index (κ1) is 35.4. The maximum atomic E-state index is 14.3. The largest absolute Gasteiger partial charge is 0.378 e. The van der Waals surface area contributed by atoms with Crippen molar-refractivity contribution in [2.45, 2.75) is 75.8 Å². The molecule has 55 heavy (non-hydrogen) atoms. The van der Waals surface area contributed by atoms with Gasteiger partial charge in [0, 0.05) is 64.7 Å². The Hall–Kier alpha value is -5.33. The summed E-state index contributed by atoms with van der Waals surface area (Å²) in [6.07, 6.45) is 13.7. The van der Waals surface area contributed by atoms with Crippen molar-refractivity contribution in [1.82, 2.24) is 24.8 Å². The van der Waals surface area contributed by atoms with E-state index in [1.54, 1.807) is 18.5 Å². The number of morpholine rings is 1. The van der Waals surface area contributed by atoms with Crippen LogP contribution in [0.2, 0.25) is 0 Å². The molecule has 2 aromatic carbocycles. The van der Waals surface area contributed by atoms with Crippen molar-refractivity contribution in [1.29, 1.82) is 0 Å². The van der Waals surface area contributed by atoms with Crippen LogP contribution in [0.5, 0.6) is 0 Å². The standard InChI is InChI=1S/C43H44N6O5S/c50-36-24-29(14-17-44-36)35-25-45-42(55-35)46-41(53)43(15-6-7-16-43)47-39(51)30-12-13-33-34(23-30)49-26-31(40(52)48-18-20-54-21-19-48)22-28-10-4-5-11-32(28)38(49)37(33)27-8-2-1-3-9-27/h4-5,10-14,17,22-25,27H,1-3,6-9,15-16,18-21,26H2,(H,44,50)(H,47,51)(H,45,46,53). The van der Waals surface area contributed by atoms with Gasteiger partial charge in [-0.3, -0.25) is 24.5 Å². The zero-order chi connectivity index (χ0) is 37.5. The number of nitrogens with zero attached hydrogens (tertiary/aromatic N) is 3. The molecule has 5 heterocycles. The first-order valence-corrected chi connectivity index (χ1v) is 20.3. The van der Waals surface area contributed by atoms with Crippen molar-refractivity contribution >= 4 is 51.2 Å². The Labute approximate surface area is 322 Å². The highest BCUT2D eigenvalue weighted by Gasteiger charge is 2.43. The number of carbonyl (C=O) groups is 3. The van der Waals surface area contributed by atoms with Gasteiger partial charge in [0.15, 0.2) is 5.13 Å². The molecule has 12 heteroatoms. The molecule has 5 aromatic rings. The molecule has 3 aromatic heterocycles. The maximum absolute atomic E-state index is 14.3. The van der Waals surface area contributed by atoms with Gasteiger partial charge in [-0.2, -0.15) is 0 Å². The number of ether oxygens (including phenoxy) is 1. The number of rotatable bonds is 7. The fraction of sp³-hybridized carbons (Fsp3) is 0.372. The summed E-state index contributed by atoms with van der Waals surface area (Å²) in [5.74, 6) is -0.224. The van der Waals surface area contributed by atoms with Gasteiger partial charge in [0.2, 0.25) is 5.56 Å². The molecule has 4 aliphatic rings. The summed E-state index contributed by atoms with van der Waals surface area (Å²) >= 11 is 1.28. The zero-order valence-corrected chi connectivity index (χ0v) is 31.5. The van der Waals surface area contributed by atoms with E-state index in [4.69, 9.17) is 4.74 Å². The van der Waals surface area contributed by atoms with Crippen molar-refractivity contribution < 1.29 is 19.1 Å². The molecule has 2 aliphatic carbocycles. The monoisotopic (exact) mass is 756 g/mol. The fourth-order valence-corrected chi connectivity index (χ4v) is 9.88. The molecule has 11 nitrogen and oxygen atoms in total. The summed E-state index contributed by atoms with van der Waals surface area (Å²) in [6, 6.07) is 17.6. The number of pyridine rings is 1. The minimum atomic E-state index is -1.09. The average molecular weight is 757 g/mol. The van der Waals surface area contributed by atoms with Crippen LogP contribution in [0, 0.1) is 0 Å². The van der Waals surface area contributed by atoms with Gasteiger partial charge >= 0.3 is 0 Å². The summed E-state index contributed by atoms with van der Waals surface area (Å²) in [7, 11) is 0. The van der Waals surface area contributed by atoms with Gasteiger partial charge in [0.25, 0.3) is 17.7 Å². The minimum Gasteiger partial charge on any atom is -0.378 e. The number of thiazole rings is 1. The van der Waals surface area contributed by atoms with Gasteiger partial charge in [0.1, 0.15) is 5.54 Å². The second kappa shape index (κ2) is 14.7. The van der Waals surface area contributed by atoms with Crippen LogP contribution in [0.4, 0.5) is 5.13 Å². The Morgan fingerprint density at radius 2 is 1.75 bits per heavy atom. The summed E-state index contributed by atoms with van der Waals surface area (Å²) in [5, 5.41) is 7.66. The number of nitrogens with one attached hydrogen (secondary N) is 3.